The van der Waals surface area contributed by atoms with Crippen molar-refractivity contribution >= 4 is 38.9 Å². The van der Waals surface area contributed by atoms with Crippen LogP contribution in [0.25, 0.3) is 5.69 Å². The van der Waals surface area contributed by atoms with E-state index in [2.05, 4.69) is 79.9 Å². The molecule has 1 saturated heterocycles. The van der Waals surface area contributed by atoms with Gasteiger partial charge in [-0.1, -0.05) is 18.2 Å². The predicted octanol–water partition coefficient (Wildman–Crippen LogP) is 6.44. The van der Waals surface area contributed by atoms with Gasteiger partial charge < -0.3 is 19.5 Å². The molecule has 1 aliphatic rings. The Bertz CT molecular complexity index is 1340. The third-order valence-corrected chi connectivity index (χ3v) is 7.32. The first-order valence-electron chi connectivity index (χ1n) is 11.1. The predicted molar refractivity (Wildman–Crippen MR) is 144 cm³/mol. The summed E-state index contributed by atoms with van der Waals surface area (Å²) < 4.78 is 8.72. The van der Waals surface area contributed by atoms with Gasteiger partial charge in [-0.05, 0) is 102 Å². The highest BCUT2D eigenvalue weighted by molar-refractivity contribution is 9.10. The van der Waals surface area contributed by atoms with Gasteiger partial charge in [0, 0.05) is 27.7 Å². The lowest BCUT2D eigenvalue weighted by atomic mass is 9.96. The maximum absolute atomic E-state index is 5.88. The average molecular weight is 533 g/mol. The lowest BCUT2D eigenvalue weighted by Gasteiger charge is -2.28. The van der Waals surface area contributed by atoms with E-state index >= 15 is 0 Å². The Labute approximate surface area is 213 Å². The minimum atomic E-state index is -0.0936. The highest BCUT2D eigenvalue weighted by Crippen LogP contribution is 2.44. The summed E-state index contributed by atoms with van der Waals surface area (Å²) in [6.07, 6.45) is 1.83. The summed E-state index contributed by atoms with van der Waals surface area (Å²) in [7, 11) is 1.67. The second-order valence-electron chi connectivity index (χ2n) is 8.31. The van der Waals surface area contributed by atoms with Crippen molar-refractivity contribution in [1.82, 2.24) is 14.9 Å². The molecule has 7 heteroatoms. The molecule has 1 aliphatic heterocycles. The average Bonchev–Trinajstić information content (AvgIpc) is 3.35. The first-order valence-corrected chi connectivity index (χ1v) is 12.3. The molecule has 0 aliphatic carbocycles. The zero-order valence-electron chi connectivity index (χ0n) is 19.2. The summed E-state index contributed by atoms with van der Waals surface area (Å²) in [6.45, 7) is 4.31. The van der Waals surface area contributed by atoms with Gasteiger partial charge in [-0.25, -0.2) is 0 Å². The van der Waals surface area contributed by atoms with E-state index in [-0.39, 0.29) is 12.1 Å². The van der Waals surface area contributed by atoms with Gasteiger partial charge in [0.25, 0.3) is 0 Å². The van der Waals surface area contributed by atoms with Crippen molar-refractivity contribution in [2.45, 2.75) is 25.9 Å². The molecule has 34 heavy (non-hydrogen) atoms. The van der Waals surface area contributed by atoms with Crippen molar-refractivity contribution in [3.8, 4) is 11.4 Å². The normalized spacial score (nSPS) is 17.6. The lowest BCUT2D eigenvalue weighted by molar-refractivity contribution is 0.415. The quantitative estimate of drug-likeness (QED) is 0.299. The Hall–Kier alpha value is -3.16. The Morgan fingerprint density at radius 3 is 2.41 bits per heavy atom. The topological polar surface area (TPSA) is 42.3 Å². The molecule has 3 heterocycles. The van der Waals surface area contributed by atoms with Crippen molar-refractivity contribution in [2.24, 2.45) is 0 Å². The number of rotatable bonds is 5. The monoisotopic (exact) mass is 532 g/mol. The summed E-state index contributed by atoms with van der Waals surface area (Å²) >= 11 is 9.60. The smallest absolute Gasteiger partial charge is 0.174 e. The molecular weight excluding hydrogens is 508 g/mol. The first kappa shape index (κ1) is 22.6. The molecule has 0 spiro atoms. The van der Waals surface area contributed by atoms with Crippen molar-refractivity contribution in [3.05, 3.63) is 106 Å². The summed E-state index contributed by atoms with van der Waals surface area (Å²) in [5.41, 5.74) is 6.60. The van der Waals surface area contributed by atoms with Crippen LogP contribution in [0.4, 0.5) is 5.69 Å². The van der Waals surface area contributed by atoms with E-state index in [0.717, 1.165) is 33.0 Å². The number of halogens is 1. The molecule has 1 fully saturated rings. The number of thiocarbonyl (C=S) groups is 1. The number of nitrogens with zero attached hydrogens (tertiary/aromatic N) is 3. The van der Waals surface area contributed by atoms with Crippen LogP contribution in [-0.4, -0.2) is 21.8 Å². The van der Waals surface area contributed by atoms with Gasteiger partial charge >= 0.3 is 0 Å². The van der Waals surface area contributed by atoms with E-state index in [1.807, 2.05) is 48.7 Å². The Kier molecular flexibility index (Phi) is 6.15. The second-order valence-corrected chi connectivity index (χ2v) is 9.55. The fourth-order valence-corrected chi connectivity index (χ4v) is 5.59. The fraction of sp³-hybridized carbons (Fsp3) is 0.185. The minimum absolute atomic E-state index is 0.0711. The SMILES string of the molecule is COc1ccc(N2C(=S)N[C@@H](c3ccccn3)[C@@H]2c2cc(C)n(-c3ccccc3Br)c2C)cc1. The van der Waals surface area contributed by atoms with Crippen LogP contribution in [0.5, 0.6) is 5.75 Å². The Morgan fingerprint density at radius 2 is 1.74 bits per heavy atom. The molecule has 2 aromatic carbocycles. The molecule has 0 unspecified atom stereocenters. The molecule has 5 rings (SSSR count). The number of nitrogens with one attached hydrogen (secondary N) is 1. The highest BCUT2D eigenvalue weighted by atomic mass is 79.9. The number of benzene rings is 2. The number of para-hydroxylation sites is 1. The van der Waals surface area contributed by atoms with Crippen LogP contribution < -0.4 is 15.0 Å². The summed E-state index contributed by atoms with van der Waals surface area (Å²) in [5, 5.41) is 4.23. The zero-order chi connectivity index (χ0) is 23.8. The highest BCUT2D eigenvalue weighted by Gasteiger charge is 2.42. The number of aryl methyl sites for hydroxylation is 1. The van der Waals surface area contributed by atoms with Crippen LogP contribution in [0.15, 0.2) is 83.5 Å². The zero-order valence-corrected chi connectivity index (χ0v) is 21.6. The van der Waals surface area contributed by atoms with Gasteiger partial charge in [0.2, 0.25) is 0 Å². The van der Waals surface area contributed by atoms with E-state index in [1.165, 1.54) is 11.3 Å². The van der Waals surface area contributed by atoms with Gasteiger partial charge in [-0.2, -0.15) is 0 Å². The molecule has 172 valence electrons. The summed E-state index contributed by atoms with van der Waals surface area (Å²) in [6, 6.07) is 24.4. The van der Waals surface area contributed by atoms with E-state index < -0.39 is 0 Å². The minimum Gasteiger partial charge on any atom is -0.497 e. The van der Waals surface area contributed by atoms with Gasteiger partial charge in [0.1, 0.15) is 5.75 Å². The Morgan fingerprint density at radius 1 is 1.00 bits per heavy atom. The van der Waals surface area contributed by atoms with Gasteiger partial charge in [0.15, 0.2) is 5.11 Å². The molecule has 0 amide bonds. The number of anilines is 1. The first-order chi connectivity index (χ1) is 16.5. The van der Waals surface area contributed by atoms with E-state index in [0.29, 0.717) is 5.11 Å². The van der Waals surface area contributed by atoms with Crippen molar-refractivity contribution < 1.29 is 4.74 Å². The maximum atomic E-state index is 5.88. The second kappa shape index (κ2) is 9.24. The van der Waals surface area contributed by atoms with Crippen LogP contribution in [-0.2, 0) is 0 Å². The van der Waals surface area contributed by atoms with Gasteiger partial charge in [-0.15, -0.1) is 0 Å². The van der Waals surface area contributed by atoms with Crippen LogP contribution in [0.3, 0.4) is 0 Å². The molecular formula is C27H25BrN4OS. The van der Waals surface area contributed by atoms with Crippen LogP contribution in [0.1, 0.15) is 34.7 Å². The Balaban J connectivity index is 1.68. The van der Waals surface area contributed by atoms with Crippen molar-refractivity contribution in [3.63, 3.8) is 0 Å². The van der Waals surface area contributed by atoms with Crippen LogP contribution >= 0.6 is 28.1 Å². The van der Waals surface area contributed by atoms with Crippen LogP contribution in [0.2, 0.25) is 0 Å². The third-order valence-electron chi connectivity index (χ3n) is 6.33. The summed E-state index contributed by atoms with van der Waals surface area (Å²) in [5.74, 6) is 0.812. The third kappa shape index (κ3) is 3.89. The van der Waals surface area contributed by atoms with E-state index in [1.54, 1.807) is 7.11 Å². The van der Waals surface area contributed by atoms with Gasteiger partial charge in [-0.3, -0.25) is 4.98 Å². The number of pyridine rings is 1. The molecule has 2 atom stereocenters. The number of ether oxygens (including phenoxy) is 1. The lowest BCUT2D eigenvalue weighted by Crippen LogP contribution is -2.29. The summed E-state index contributed by atoms with van der Waals surface area (Å²) in [4.78, 5) is 6.87. The molecule has 0 bridgehead atoms. The molecule has 0 saturated carbocycles. The van der Waals surface area contributed by atoms with Crippen molar-refractivity contribution in [2.75, 3.05) is 12.0 Å². The maximum Gasteiger partial charge on any atom is 0.174 e. The van der Waals surface area contributed by atoms with E-state index in [4.69, 9.17) is 17.0 Å². The largest absolute Gasteiger partial charge is 0.497 e. The molecule has 4 aromatic rings. The van der Waals surface area contributed by atoms with Gasteiger partial charge in [0.05, 0.1) is 30.6 Å². The van der Waals surface area contributed by atoms with E-state index in [9.17, 15) is 0 Å². The van der Waals surface area contributed by atoms with Crippen LogP contribution in [0, 0.1) is 13.8 Å². The number of hydrogen-bond donors (Lipinski definition) is 1. The number of aromatic nitrogens is 2. The van der Waals surface area contributed by atoms with Crippen molar-refractivity contribution in [1.29, 1.82) is 0 Å². The molecule has 5 nitrogen and oxygen atoms in total. The fourth-order valence-electron chi connectivity index (χ4n) is 4.78. The molecule has 0 radical (unpaired) electrons. The molecule has 2 aromatic heterocycles. The number of methoxy groups -OCH3 is 1. The standard InChI is InChI=1S/C27H25BrN4OS/c1-17-16-21(18(2)31(17)24-10-5-4-8-22(24)28)26-25(23-9-6-7-15-29-23)30-27(34)32(26)19-11-13-20(33-3)14-12-19/h4-16,25-26H,1-3H3,(H,30,34)/t25-,26-/m0/s1. The molecule has 1 N–H and O–H groups in total. The number of hydrogen-bond acceptors (Lipinski definition) is 3.